The van der Waals surface area contributed by atoms with E-state index in [-0.39, 0.29) is 0 Å². The van der Waals surface area contributed by atoms with E-state index in [0.29, 0.717) is 17.8 Å². The van der Waals surface area contributed by atoms with Crippen LogP contribution in [0.25, 0.3) is 0 Å². The Kier molecular flexibility index (Phi) is 5.66. The first-order valence-corrected chi connectivity index (χ1v) is 6.65. The van der Waals surface area contributed by atoms with Gasteiger partial charge in [0.2, 0.25) is 0 Å². The quantitative estimate of drug-likeness (QED) is 0.534. The summed E-state index contributed by atoms with van der Waals surface area (Å²) in [6.07, 6.45) is 0.950. The van der Waals surface area contributed by atoms with Crippen molar-refractivity contribution in [3.05, 3.63) is 24.3 Å². The van der Waals surface area contributed by atoms with E-state index in [0.717, 1.165) is 39.3 Å². The molecule has 1 aliphatic rings. The molecular weight excluding hydrogens is 245 g/mol. The van der Waals surface area contributed by atoms with Crippen LogP contribution in [-0.2, 0) is 4.74 Å². The molecule has 0 radical (unpaired) electrons. The molecule has 0 aliphatic carbocycles. The average Bonchev–Trinajstić information content (AvgIpc) is 2.45. The lowest BCUT2D eigenvalue weighted by atomic mass is 9.80. The molecule has 0 unspecified atom stereocenters. The molecule has 2 rings (SSSR count). The van der Waals surface area contributed by atoms with Crippen LogP contribution in [0.2, 0.25) is 0 Å². The van der Waals surface area contributed by atoms with Gasteiger partial charge in [-0.25, -0.2) is 0 Å². The van der Waals surface area contributed by atoms with E-state index < -0.39 is 7.12 Å². The van der Waals surface area contributed by atoms with Gasteiger partial charge >= 0.3 is 7.12 Å². The molecule has 1 saturated heterocycles. The average molecular weight is 265 g/mol. The van der Waals surface area contributed by atoms with Crippen LogP contribution in [-0.4, -0.2) is 61.5 Å². The first kappa shape index (κ1) is 14.3. The zero-order valence-electron chi connectivity index (χ0n) is 11.0. The Balaban J connectivity index is 1.68. The highest BCUT2D eigenvalue weighted by Crippen LogP contribution is 2.08. The van der Waals surface area contributed by atoms with Gasteiger partial charge in [-0.05, 0) is 24.0 Å². The smallest absolute Gasteiger partial charge is 0.488 e. The lowest BCUT2D eigenvalue weighted by molar-refractivity contribution is 0.0358. The SMILES string of the molecule is OB(O)c1cccc(OCCCN2CCOCC2)c1. The molecule has 1 aromatic carbocycles. The van der Waals surface area contributed by atoms with Gasteiger partial charge < -0.3 is 19.5 Å². The summed E-state index contributed by atoms with van der Waals surface area (Å²) in [5, 5.41) is 18.1. The van der Waals surface area contributed by atoms with E-state index in [1.807, 2.05) is 6.07 Å². The minimum Gasteiger partial charge on any atom is -0.494 e. The summed E-state index contributed by atoms with van der Waals surface area (Å²) in [6.45, 7) is 5.25. The van der Waals surface area contributed by atoms with Crippen molar-refractivity contribution in [3.8, 4) is 5.75 Å². The molecule has 6 heteroatoms. The van der Waals surface area contributed by atoms with Gasteiger partial charge in [0, 0.05) is 19.6 Å². The third-order valence-electron chi connectivity index (χ3n) is 3.15. The van der Waals surface area contributed by atoms with Gasteiger partial charge in [0.05, 0.1) is 19.8 Å². The fourth-order valence-electron chi connectivity index (χ4n) is 2.07. The van der Waals surface area contributed by atoms with Gasteiger partial charge in [-0.1, -0.05) is 12.1 Å². The fourth-order valence-corrected chi connectivity index (χ4v) is 2.07. The minimum atomic E-state index is -1.45. The summed E-state index contributed by atoms with van der Waals surface area (Å²) < 4.78 is 10.9. The predicted octanol–water partition coefficient (Wildman–Crippen LogP) is -0.532. The summed E-state index contributed by atoms with van der Waals surface area (Å²) in [5.74, 6) is 0.674. The normalized spacial score (nSPS) is 16.3. The Hall–Kier alpha value is -1.08. The van der Waals surface area contributed by atoms with Crippen LogP contribution in [0, 0.1) is 0 Å². The number of rotatable bonds is 6. The lowest BCUT2D eigenvalue weighted by Crippen LogP contribution is -2.37. The zero-order chi connectivity index (χ0) is 13.5. The number of morpholine rings is 1. The molecule has 0 bridgehead atoms. The number of hydrogen-bond acceptors (Lipinski definition) is 5. The van der Waals surface area contributed by atoms with E-state index in [2.05, 4.69) is 4.90 Å². The highest BCUT2D eigenvalue weighted by atomic mass is 16.5. The van der Waals surface area contributed by atoms with Gasteiger partial charge in [0.1, 0.15) is 5.75 Å². The third kappa shape index (κ3) is 4.83. The molecule has 1 aromatic rings. The van der Waals surface area contributed by atoms with E-state index in [1.54, 1.807) is 18.2 Å². The van der Waals surface area contributed by atoms with Gasteiger partial charge in [-0.15, -0.1) is 0 Å². The molecule has 0 spiro atoms. The molecule has 0 amide bonds. The number of ether oxygens (including phenoxy) is 2. The maximum atomic E-state index is 9.07. The van der Waals surface area contributed by atoms with Crippen LogP contribution < -0.4 is 10.2 Å². The highest BCUT2D eigenvalue weighted by Gasteiger charge is 2.11. The molecule has 1 fully saturated rings. The van der Waals surface area contributed by atoms with Gasteiger partial charge in [-0.2, -0.15) is 0 Å². The van der Waals surface area contributed by atoms with Crippen molar-refractivity contribution in [1.29, 1.82) is 0 Å². The van der Waals surface area contributed by atoms with Crippen LogP contribution in [0.1, 0.15) is 6.42 Å². The van der Waals surface area contributed by atoms with E-state index in [1.165, 1.54) is 0 Å². The highest BCUT2D eigenvalue weighted by molar-refractivity contribution is 6.58. The summed E-state index contributed by atoms with van der Waals surface area (Å²) in [4.78, 5) is 2.36. The Morgan fingerprint density at radius 1 is 1.26 bits per heavy atom. The van der Waals surface area contributed by atoms with Crippen molar-refractivity contribution < 1.29 is 19.5 Å². The second-order valence-electron chi connectivity index (χ2n) is 4.60. The van der Waals surface area contributed by atoms with Crippen molar-refractivity contribution >= 4 is 12.6 Å². The van der Waals surface area contributed by atoms with Crippen LogP contribution in [0.5, 0.6) is 5.75 Å². The second-order valence-corrected chi connectivity index (χ2v) is 4.60. The van der Waals surface area contributed by atoms with Crippen molar-refractivity contribution in [2.24, 2.45) is 0 Å². The second kappa shape index (κ2) is 7.50. The molecular formula is C13H20BNO4. The number of benzene rings is 1. The van der Waals surface area contributed by atoms with E-state index in [4.69, 9.17) is 19.5 Å². The molecule has 5 nitrogen and oxygen atoms in total. The monoisotopic (exact) mass is 265 g/mol. The van der Waals surface area contributed by atoms with Gasteiger partial charge in [-0.3, -0.25) is 4.90 Å². The number of hydrogen-bond donors (Lipinski definition) is 2. The van der Waals surface area contributed by atoms with E-state index >= 15 is 0 Å². The topological polar surface area (TPSA) is 62.2 Å². The van der Waals surface area contributed by atoms with Crippen molar-refractivity contribution in [3.63, 3.8) is 0 Å². The van der Waals surface area contributed by atoms with Crippen LogP contribution in [0.3, 0.4) is 0 Å². The predicted molar refractivity (Wildman–Crippen MR) is 73.6 cm³/mol. The molecule has 1 heterocycles. The van der Waals surface area contributed by atoms with Crippen LogP contribution in [0.15, 0.2) is 24.3 Å². The Morgan fingerprint density at radius 2 is 2.05 bits per heavy atom. The summed E-state index contributed by atoms with van der Waals surface area (Å²) in [5.41, 5.74) is 0.450. The van der Waals surface area contributed by atoms with Crippen molar-refractivity contribution in [2.45, 2.75) is 6.42 Å². The fraction of sp³-hybridized carbons (Fsp3) is 0.538. The third-order valence-corrected chi connectivity index (χ3v) is 3.15. The largest absolute Gasteiger partial charge is 0.494 e. The first-order chi connectivity index (χ1) is 9.25. The molecule has 0 saturated carbocycles. The maximum absolute atomic E-state index is 9.07. The van der Waals surface area contributed by atoms with E-state index in [9.17, 15) is 0 Å². The molecule has 19 heavy (non-hydrogen) atoms. The van der Waals surface area contributed by atoms with Crippen LogP contribution >= 0.6 is 0 Å². The zero-order valence-corrected chi connectivity index (χ0v) is 11.0. The standard InChI is InChI=1S/C13H20BNO4/c16-14(17)12-3-1-4-13(11-12)19-8-2-5-15-6-9-18-10-7-15/h1,3-4,11,16-17H,2,5-10H2. The Bertz CT molecular complexity index is 383. The van der Waals surface area contributed by atoms with Gasteiger partial charge in [0.25, 0.3) is 0 Å². The summed E-state index contributed by atoms with van der Waals surface area (Å²) in [6, 6.07) is 6.89. The molecule has 104 valence electrons. The first-order valence-electron chi connectivity index (χ1n) is 6.65. The van der Waals surface area contributed by atoms with Crippen molar-refractivity contribution in [2.75, 3.05) is 39.5 Å². The molecule has 1 aliphatic heterocycles. The molecule has 0 aromatic heterocycles. The Morgan fingerprint density at radius 3 is 2.79 bits per heavy atom. The minimum absolute atomic E-state index is 0.450. The maximum Gasteiger partial charge on any atom is 0.488 e. The van der Waals surface area contributed by atoms with Crippen molar-refractivity contribution in [1.82, 2.24) is 4.90 Å². The van der Waals surface area contributed by atoms with Crippen LogP contribution in [0.4, 0.5) is 0 Å². The molecule has 2 N–H and O–H groups in total. The summed E-state index contributed by atoms with van der Waals surface area (Å²) in [7, 11) is -1.45. The lowest BCUT2D eigenvalue weighted by Gasteiger charge is -2.26. The van der Waals surface area contributed by atoms with Gasteiger partial charge in [0.15, 0.2) is 0 Å². The Labute approximate surface area is 113 Å². The molecule has 0 atom stereocenters. The summed E-state index contributed by atoms with van der Waals surface area (Å²) >= 11 is 0. The number of nitrogens with zero attached hydrogens (tertiary/aromatic N) is 1.